The van der Waals surface area contributed by atoms with E-state index in [1.165, 1.54) is 0 Å². The fourth-order valence-corrected chi connectivity index (χ4v) is 2.46. The van der Waals surface area contributed by atoms with Crippen molar-refractivity contribution in [1.29, 1.82) is 5.26 Å². The number of benzene rings is 1. The van der Waals surface area contributed by atoms with Crippen molar-refractivity contribution in [2.75, 3.05) is 0 Å². The first kappa shape index (κ1) is 9.96. The molecule has 0 bridgehead atoms. The van der Waals surface area contributed by atoms with Gasteiger partial charge in [-0.2, -0.15) is 5.26 Å². The molecule has 2 N–H and O–H groups in total. The molecule has 62 valence electrons. The zero-order valence-corrected chi connectivity index (χ0v) is 9.89. The minimum absolute atomic E-state index is 0.472. The molecule has 4 heteroatoms. The van der Waals surface area contributed by atoms with Gasteiger partial charge in [-0.1, -0.05) is 6.07 Å². The average molecular weight is 337 g/mol. The maximum atomic E-state index is 8.79. The molecule has 0 aliphatic heterocycles. The Morgan fingerprint density at radius 1 is 1.58 bits per heavy atom. The number of hydrogen-bond acceptors (Lipinski definition) is 2. The van der Waals surface area contributed by atoms with Gasteiger partial charge in [0.05, 0.1) is 5.56 Å². The average Bonchev–Trinajstić information content (AvgIpc) is 2.06. The summed E-state index contributed by atoms with van der Waals surface area (Å²) in [5, 5.41) is 8.79. The topological polar surface area (TPSA) is 49.8 Å². The highest BCUT2D eigenvalue weighted by Gasteiger charge is 2.07. The van der Waals surface area contributed by atoms with E-state index in [2.05, 4.69) is 44.6 Å². The summed E-state index contributed by atoms with van der Waals surface area (Å²) in [6.07, 6.45) is 0. The third-order valence-electron chi connectivity index (χ3n) is 1.50. The van der Waals surface area contributed by atoms with Gasteiger partial charge in [0.15, 0.2) is 0 Å². The Bertz CT molecular complexity index is 344. The van der Waals surface area contributed by atoms with Crippen LogP contribution in [0.2, 0.25) is 0 Å². The van der Waals surface area contributed by atoms with Gasteiger partial charge >= 0.3 is 0 Å². The number of nitrogens with two attached hydrogens (primary N) is 1. The van der Waals surface area contributed by atoms with Crippen molar-refractivity contribution in [2.45, 2.75) is 6.54 Å². The van der Waals surface area contributed by atoms with Crippen molar-refractivity contribution in [2.24, 2.45) is 5.73 Å². The predicted molar refractivity (Wildman–Crippen MR) is 59.5 cm³/mol. The predicted octanol–water partition coefficient (Wildman–Crippen LogP) is 2.38. The van der Waals surface area contributed by atoms with Gasteiger partial charge in [0.2, 0.25) is 0 Å². The molecule has 1 rings (SSSR count). The lowest BCUT2D eigenvalue weighted by atomic mass is 10.1. The molecule has 2 nitrogen and oxygen atoms in total. The second kappa shape index (κ2) is 4.21. The summed E-state index contributed by atoms with van der Waals surface area (Å²) in [4.78, 5) is 0. The largest absolute Gasteiger partial charge is 0.326 e. The van der Waals surface area contributed by atoms with Crippen molar-refractivity contribution in [1.82, 2.24) is 0 Å². The lowest BCUT2D eigenvalue weighted by Crippen LogP contribution is -2.00. The second-order valence-corrected chi connectivity index (χ2v) is 4.14. The standard InChI is InChI=1S/C8H6BrIN2/c9-7-2-1-5(3-11)8(10)6(7)4-12/h1-2H,3,11H2. The summed E-state index contributed by atoms with van der Waals surface area (Å²) in [6, 6.07) is 5.90. The quantitative estimate of drug-likeness (QED) is 0.800. The maximum absolute atomic E-state index is 8.79. The zero-order chi connectivity index (χ0) is 9.14. The van der Waals surface area contributed by atoms with Gasteiger partial charge < -0.3 is 5.73 Å². The van der Waals surface area contributed by atoms with Crippen LogP contribution in [0, 0.1) is 14.9 Å². The smallest absolute Gasteiger partial charge is 0.101 e. The second-order valence-electron chi connectivity index (χ2n) is 2.21. The molecule has 0 heterocycles. The lowest BCUT2D eigenvalue weighted by molar-refractivity contribution is 1.06. The van der Waals surface area contributed by atoms with Crippen LogP contribution >= 0.6 is 38.5 Å². The molecule has 12 heavy (non-hydrogen) atoms. The molecule has 0 aliphatic carbocycles. The summed E-state index contributed by atoms with van der Waals surface area (Å²) < 4.78 is 1.76. The molecule has 0 aromatic heterocycles. The minimum Gasteiger partial charge on any atom is -0.326 e. The zero-order valence-electron chi connectivity index (χ0n) is 6.14. The molecule has 0 fully saturated rings. The molecule has 0 saturated heterocycles. The van der Waals surface area contributed by atoms with E-state index in [1.807, 2.05) is 12.1 Å². The minimum atomic E-state index is 0.472. The van der Waals surface area contributed by atoms with Crippen LogP contribution < -0.4 is 5.73 Å². The number of halogens is 2. The molecule has 0 saturated carbocycles. The number of hydrogen-bond donors (Lipinski definition) is 1. The molecule has 0 spiro atoms. The lowest BCUT2D eigenvalue weighted by Gasteiger charge is -2.03. The molecule has 0 amide bonds. The Hall–Kier alpha value is -0.120. The van der Waals surface area contributed by atoms with Crippen LogP contribution in [0.25, 0.3) is 0 Å². The molecular formula is C8H6BrIN2. The first-order valence-corrected chi connectivity index (χ1v) is 5.15. The Labute approximate surface area is 93.0 Å². The number of nitriles is 1. The molecule has 1 aromatic carbocycles. The normalized spacial score (nSPS) is 9.50. The molecule has 0 atom stereocenters. The monoisotopic (exact) mass is 336 g/mol. The van der Waals surface area contributed by atoms with Gasteiger partial charge in [-0.25, -0.2) is 0 Å². The van der Waals surface area contributed by atoms with Gasteiger partial charge in [0.25, 0.3) is 0 Å². The van der Waals surface area contributed by atoms with E-state index in [-0.39, 0.29) is 0 Å². The van der Waals surface area contributed by atoms with Crippen LogP contribution in [0.15, 0.2) is 16.6 Å². The molecule has 0 unspecified atom stereocenters. The van der Waals surface area contributed by atoms with Crippen LogP contribution in [0.4, 0.5) is 0 Å². The van der Waals surface area contributed by atoms with Crippen LogP contribution in [0.1, 0.15) is 11.1 Å². The summed E-state index contributed by atoms with van der Waals surface area (Å²) in [6.45, 7) is 0.472. The van der Waals surface area contributed by atoms with Gasteiger partial charge in [-0.3, -0.25) is 0 Å². The Kier molecular flexibility index (Phi) is 3.50. The van der Waals surface area contributed by atoms with Gasteiger partial charge in [0, 0.05) is 14.6 Å². The summed E-state index contributed by atoms with van der Waals surface area (Å²) in [5.74, 6) is 0. The van der Waals surface area contributed by atoms with E-state index >= 15 is 0 Å². The highest BCUT2D eigenvalue weighted by molar-refractivity contribution is 14.1. The van der Waals surface area contributed by atoms with Crippen molar-refractivity contribution in [3.8, 4) is 6.07 Å². The third kappa shape index (κ3) is 1.79. The van der Waals surface area contributed by atoms with E-state index in [1.54, 1.807) is 0 Å². The van der Waals surface area contributed by atoms with Crippen molar-refractivity contribution >= 4 is 38.5 Å². The number of nitrogens with zero attached hydrogens (tertiary/aromatic N) is 1. The van der Waals surface area contributed by atoms with E-state index in [4.69, 9.17) is 11.0 Å². The summed E-state index contributed by atoms with van der Waals surface area (Å²) >= 11 is 5.44. The van der Waals surface area contributed by atoms with Crippen molar-refractivity contribution in [3.05, 3.63) is 31.3 Å². The molecule has 1 aromatic rings. The fraction of sp³-hybridized carbons (Fsp3) is 0.125. The molecular weight excluding hydrogens is 331 g/mol. The summed E-state index contributed by atoms with van der Waals surface area (Å²) in [5.41, 5.74) is 7.17. The fourth-order valence-electron chi connectivity index (χ4n) is 0.856. The Morgan fingerprint density at radius 2 is 2.25 bits per heavy atom. The SMILES string of the molecule is N#Cc1c(Br)ccc(CN)c1I. The maximum Gasteiger partial charge on any atom is 0.101 e. The van der Waals surface area contributed by atoms with Gasteiger partial charge in [-0.15, -0.1) is 0 Å². The van der Waals surface area contributed by atoms with Gasteiger partial charge in [-0.05, 0) is 50.2 Å². The molecule has 0 aliphatic rings. The molecule has 0 radical (unpaired) electrons. The van der Waals surface area contributed by atoms with E-state index in [0.29, 0.717) is 12.1 Å². The first-order chi connectivity index (χ1) is 5.70. The highest BCUT2D eigenvalue weighted by atomic mass is 127. The summed E-state index contributed by atoms with van der Waals surface area (Å²) in [7, 11) is 0. The van der Waals surface area contributed by atoms with Crippen LogP contribution in [-0.2, 0) is 6.54 Å². The van der Waals surface area contributed by atoms with E-state index in [9.17, 15) is 0 Å². The van der Waals surface area contributed by atoms with E-state index in [0.717, 1.165) is 13.6 Å². The first-order valence-electron chi connectivity index (χ1n) is 3.27. The van der Waals surface area contributed by atoms with E-state index < -0.39 is 0 Å². The van der Waals surface area contributed by atoms with Crippen molar-refractivity contribution < 1.29 is 0 Å². The number of rotatable bonds is 1. The van der Waals surface area contributed by atoms with Crippen LogP contribution in [0.3, 0.4) is 0 Å². The van der Waals surface area contributed by atoms with Crippen molar-refractivity contribution in [3.63, 3.8) is 0 Å². The Morgan fingerprint density at radius 3 is 2.75 bits per heavy atom. The Balaban J connectivity index is 3.36. The van der Waals surface area contributed by atoms with Crippen LogP contribution in [0.5, 0.6) is 0 Å². The van der Waals surface area contributed by atoms with Crippen LogP contribution in [-0.4, -0.2) is 0 Å². The van der Waals surface area contributed by atoms with Gasteiger partial charge in [0.1, 0.15) is 6.07 Å². The third-order valence-corrected chi connectivity index (χ3v) is 3.40. The highest BCUT2D eigenvalue weighted by Crippen LogP contribution is 2.24.